The smallest absolute Gasteiger partial charge is 0.0250 e. The summed E-state index contributed by atoms with van der Waals surface area (Å²) < 4.78 is 0. The first-order valence-corrected chi connectivity index (χ1v) is 6.27. The molecule has 1 aromatic carbocycles. The van der Waals surface area contributed by atoms with Crippen LogP contribution in [0, 0.1) is 11.8 Å². The van der Waals surface area contributed by atoms with Gasteiger partial charge < -0.3 is 0 Å². The summed E-state index contributed by atoms with van der Waals surface area (Å²) in [5, 5.41) is 0. The summed E-state index contributed by atoms with van der Waals surface area (Å²) in [6.07, 6.45) is 4.75. The lowest BCUT2D eigenvalue weighted by Gasteiger charge is -2.18. The molecule has 0 saturated heterocycles. The van der Waals surface area contributed by atoms with Crippen LogP contribution in [0.15, 0.2) is 42.0 Å². The summed E-state index contributed by atoms with van der Waals surface area (Å²) in [5.41, 5.74) is 2.89. The van der Waals surface area contributed by atoms with Crippen molar-refractivity contribution in [3.8, 4) is 0 Å². The quantitative estimate of drug-likeness (QED) is 0.617. The molecule has 1 rings (SSSR count). The zero-order chi connectivity index (χ0) is 12.0. The standard InChI is InChI=1S/C16H24/c1-13(2)10-11-14(3)15(4)12-16-8-6-5-7-9-16/h5-10,14-15H,11-12H2,1-4H3/t14-,15+/m0/s1. The molecule has 0 unspecified atom stereocenters. The normalized spacial score (nSPS) is 14.2. The van der Waals surface area contributed by atoms with Gasteiger partial charge in [-0.05, 0) is 44.1 Å². The molecule has 0 radical (unpaired) electrons. The SMILES string of the molecule is CC(C)=CC[C@H](C)[C@H](C)Cc1ccccc1. The van der Waals surface area contributed by atoms with Crippen molar-refractivity contribution in [2.75, 3.05) is 0 Å². The molecule has 0 heteroatoms. The van der Waals surface area contributed by atoms with E-state index in [0.717, 1.165) is 11.8 Å². The van der Waals surface area contributed by atoms with Crippen LogP contribution in [0.3, 0.4) is 0 Å². The molecule has 0 nitrogen and oxygen atoms in total. The Morgan fingerprint density at radius 2 is 1.69 bits per heavy atom. The van der Waals surface area contributed by atoms with Crippen LogP contribution in [0.1, 0.15) is 39.7 Å². The van der Waals surface area contributed by atoms with Crippen LogP contribution in [-0.4, -0.2) is 0 Å². The van der Waals surface area contributed by atoms with Gasteiger partial charge in [-0.3, -0.25) is 0 Å². The van der Waals surface area contributed by atoms with E-state index in [0.29, 0.717) is 0 Å². The Morgan fingerprint density at radius 1 is 1.06 bits per heavy atom. The fraction of sp³-hybridized carbons (Fsp3) is 0.500. The first-order valence-electron chi connectivity index (χ1n) is 6.27. The molecule has 0 aliphatic heterocycles. The van der Waals surface area contributed by atoms with Gasteiger partial charge in [0.2, 0.25) is 0 Å². The largest absolute Gasteiger partial charge is 0.0856 e. The average Bonchev–Trinajstić information content (AvgIpc) is 2.27. The van der Waals surface area contributed by atoms with Crippen LogP contribution in [0.25, 0.3) is 0 Å². The molecule has 0 heterocycles. The monoisotopic (exact) mass is 216 g/mol. The second-order valence-corrected chi connectivity index (χ2v) is 5.16. The van der Waals surface area contributed by atoms with E-state index in [1.54, 1.807) is 0 Å². The first kappa shape index (κ1) is 13.0. The third kappa shape index (κ3) is 4.65. The van der Waals surface area contributed by atoms with Gasteiger partial charge in [0, 0.05) is 0 Å². The summed E-state index contributed by atoms with van der Waals surface area (Å²) in [5.74, 6) is 1.51. The van der Waals surface area contributed by atoms with E-state index in [4.69, 9.17) is 0 Å². The van der Waals surface area contributed by atoms with E-state index >= 15 is 0 Å². The maximum atomic E-state index is 2.36. The van der Waals surface area contributed by atoms with Crippen molar-refractivity contribution in [1.29, 1.82) is 0 Å². The topological polar surface area (TPSA) is 0 Å². The second-order valence-electron chi connectivity index (χ2n) is 5.16. The molecule has 2 atom stereocenters. The number of hydrogen-bond donors (Lipinski definition) is 0. The Morgan fingerprint density at radius 3 is 2.25 bits per heavy atom. The minimum atomic E-state index is 0.748. The molecule has 0 aliphatic rings. The Labute approximate surface area is 100 Å². The molecule has 0 spiro atoms. The summed E-state index contributed by atoms with van der Waals surface area (Å²) in [6.45, 7) is 9.06. The van der Waals surface area contributed by atoms with Gasteiger partial charge in [0.05, 0.1) is 0 Å². The second kappa shape index (κ2) is 6.52. The molecule has 0 fully saturated rings. The van der Waals surface area contributed by atoms with Gasteiger partial charge >= 0.3 is 0 Å². The fourth-order valence-corrected chi connectivity index (χ4v) is 1.84. The van der Waals surface area contributed by atoms with Gasteiger partial charge in [-0.1, -0.05) is 55.8 Å². The Hall–Kier alpha value is -1.04. The Kier molecular flexibility index (Phi) is 5.31. The van der Waals surface area contributed by atoms with E-state index in [1.165, 1.54) is 24.0 Å². The molecule has 0 bridgehead atoms. The lowest BCUT2D eigenvalue weighted by molar-refractivity contribution is 0.388. The predicted molar refractivity (Wildman–Crippen MR) is 72.5 cm³/mol. The zero-order valence-electron chi connectivity index (χ0n) is 11.0. The number of rotatable bonds is 5. The minimum absolute atomic E-state index is 0.748. The van der Waals surface area contributed by atoms with Crippen molar-refractivity contribution in [1.82, 2.24) is 0 Å². The van der Waals surface area contributed by atoms with Crippen molar-refractivity contribution in [3.63, 3.8) is 0 Å². The van der Waals surface area contributed by atoms with E-state index in [2.05, 4.69) is 64.1 Å². The number of hydrogen-bond acceptors (Lipinski definition) is 0. The maximum Gasteiger partial charge on any atom is -0.0250 e. The fourth-order valence-electron chi connectivity index (χ4n) is 1.84. The molecule has 0 aromatic heterocycles. The molecule has 1 aromatic rings. The third-order valence-electron chi connectivity index (χ3n) is 3.27. The van der Waals surface area contributed by atoms with E-state index in [9.17, 15) is 0 Å². The van der Waals surface area contributed by atoms with Crippen LogP contribution in [-0.2, 0) is 6.42 Å². The van der Waals surface area contributed by atoms with E-state index in [1.807, 2.05) is 0 Å². The van der Waals surface area contributed by atoms with Crippen molar-refractivity contribution in [3.05, 3.63) is 47.5 Å². The van der Waals surface area contributed by atoms with Crippen molar-refractivity contribution in [2.45, 2.75) is 40.5 Å². The van der Waals surface area contributed by atoms with Gasteiger partial charge in [-0.15, -0.1) is 0 Å². The van der Waals surface area contributed by atoms with Crippen molar-refractivity contribution < 1.29 is 0 Å². The van der Waals surface area contributed by atoms with Gasteiger partial charge in [0.1, 0.15) is 0 Å². The molecule has 0 aliphatic carbocycles. The molecule has 0 N–H and O–H groups in total. The highest BCUT2D eigenvalue weighted by Gasteiger charge is 2.11. The van der Waals surface area contributed by atoms with E-state index in [-0.39, 0.29) is 0 Å². The number of benzene rings is 1. The van der Waals surface area contributed by atoms with Gasteiger partial charge in [0.15, 0.2) is 0 Å². The maximum absolute atomic E-state index is 2.36. The third-order valence-corrected chi connectivity index (χ3v) is 3.27. The highest BCUT2D eigenvalue weighted by molar-refractivity contribution is 5.15. The lowest BCUT2D eigenvalue weighted by Crippen LogP contribution is -2.10. The molecule has 16 heavy (non-hydrogen) atoms. The van der Waals surface area contributed by atoms with E-state index < -0.39 is 0 Å². The molecule has 88 valence electrons. The average molecular weight is 216 g/mol. The van der Waals surface area contributed by atoms with Crippen LogP contribution in [0.2, 0.25) is 0 Å². The Balaban J connectivity index is 2.46. The zero-order valence-corrected chi connectivity index (χ0v) is 11.0. The Bertz CT molecular complexity index is 317. The van der Waals surface area contributed by atoms with Crippen LogP contribution in [0.4, 0.5) is 0 Å². The molecular formula is C16H24. The predicted octanol–water partition coefficient (Wildman–Crippen LogP) is 4.86. The van der Waals surface area contributed by atoms with Crippen LogP contribution >= 0.6 is 0 Å². The van der Waals surface area contributed by atoms with Gasteiger partial charge in [-0.25, -0.2) is 0 Å². The summed E-state index contributed by atoms with van der Waals surface area (Å²) in [7, 11) is 0. The van der Waals surface area contributed by atoms with Crippen molar-refractivity contribution >= 4 is 0 Å². The highest BCUT2D eigenvalue weighted by atomic mass is 14.2. The minimum Gasteiger partial charge on any atom is -0.0856 e. The van der Waals surface area contributed by atoms with Gasteiger partial charge in [0.25, 0.3) is 0 Å². The first-order chi connectivity index (χ1) is 7.59. The van der Waals surface area contributed by atoms with Crippen LogP contribution in [0.5, 0.6) is 0 Å². The van der Waals surface area contributed by atoms with Crippen LogP contribution < -0.4 is 0 Å². The number of allylic oxidation sites excluding steroid dienone is 2. The highest BCUT2D eigenvalue weighted by Crippen LogP contribution is 2.20. The lowest BCUT2D eigenvalue weighted by atomic mass is 9.87. The van der Waals surface area contributed by atoms with Crippen molar-refractivity contribution in [2.24, 2.45) is 11.8 Å². The molecule has 0 amide bonds. The molecule has 0 saturated carbocycles. The summed E-state index contributed by atoms with van der Waals surface area (Å²) in [4.78, 5) is 0. The summed E-state index contributed by atoms with van der Waals surface area (Å²) in [6, 6.07) is 10.8. The van der Waals surface area contributed by atoms with Gasteiger partial charge in [-0.2, -0.15) is 0 Å². The molecular weight excluding hydrogens is 192 g/mol. The summed E-state index contributed by atoms with van der Waals surface area (Å²) >= 11 is 0.